The Bertz CT molecular complexity index is 3390. The fourth-order valence-electron chi connectivity index (χ4n) is 11.5. The molecule has 0 atom stereocenters. The molecule has 13 rings (SSSR count). The third-order valence-corrected chi connectivity index (χ3v) is 19.2. The lowest BCUT2D eigenvalue weighted by Crippen LogP contribution is -2.30. The first-order valence-electron chi connectivity index (χ1n) is 22.9. The molecule has 0 radical (unpaired) electrons. The number of aryl methyl sites for hydroxylation is 6. The molecular weight excluding hydrogens is 873 g/mol. The Morgan fingerprint density at radius 3 is 0.924 bits per heavy atom. The molecule has 11 aromatic rings. The maximum absolute atomic E-state index is 2.65. The highest BCUT2D eigenvalue weighted by molar-refractivity contribution is 7.26. The molecule has 0 nitrogen and oxygen atoms in total. The van der Waals surface area contributed by atoms with Crippen LogP contribution in [0.5, 0.6) is 0 Å². The summed E-state index contributed by atoms with van der Waals surface area (Å²) < 4.78 is 2.66. The van der Waals surface area contributed by atoms with Crippen LogP contribution in [0.25, 0.3) is 61.9 Å². The third kappa shape index (κ3) is 5.66. The van der Waals surface area contributed by atoms with Crippen LogP contribution in [-0.2, 0) is 10.8 Å². The van der Waals surface area contributed by atoms with Gasteiger partial charge in [-0.25, -0.2) is 0 Å². The second-order valence-corrected chi connectivity index (χ2v) is 23.5. The second kappa shape index (κ2) is 14.7. The van der Waals surface area contributed by atoms with Crippen LogP contribution in [0, 0.1) is 41.5 Å². The summed E-state index contributed by atoms with van der Waals surface area (Å²) in [4.78, 5) is 8.02. The van der Waals surface area contributed by atoms with Crippen LogP contribution in [0.4, 0.5) is 0 Å². The largest absolute Gasteiger partial charge is 0.140 e. The molecule has 0 bridgehead atoms. The lowest BCUT2D eigenvalue weighted by Gasteiger charge is -2.36. The smallest absolute Gasteiger partial charge is 0.0720 e. The fourth-order valence-corrected chi connectivity index (χ4v) is 15.6. The number of hydrogen-bond acceptors (Lipinski definition) is 4. The van der Waals surface area contributed by atoms with E-state index in [0.717, 1.165) is 0 Å². The van der Waals surface area contributed by atoms with Gasteiger partial charge in [0.25, 0.3) is 0 Å². The van der Waals surface area contributed by atoms with Gasteiger partial charge in [-0.2, -0.15) is 0 Å². The summed E-state index contributed by atoms with van der Waals surface area (Å²) in [6.07, 6.45) is 0. The van der Waals surface area contributed by atoms with E-state index in [-0.39, 0.29) is 0 Å². The molecule has 0 saturated heterocycles. The van der Waals surface area contributed by atoms with Crippen molar-refractivity contribution in [1.82, 2.24) is 0 Å². The molecule has 4 heterocycles. The number of benzene rings is 7. The van der Waals surface area contributed by atoms with E-state index in [2.05, 4.69) is 211 Å². The second-order valence-electron chi connectivity index (χ2n) is 18.7. The van der Waals surface area contributed by atoms with Crippen LogP contribution in [0.2, 0.25) is 0 Å². The van der Waals surface area contributed by atoms with E-state index in [4.69, 9.17) is 0 Å². The van der Waals surface area contributed by atoms with E-state index in [1.54, 1.807) is 0 Å². The van der Waals surface area contributed by atoms with Crippen molar-refractivity contribution in [1.29, 1.82) is 0 Å². The van der Waals surface area contributed by atoms with Gasteiger partial charge >= 0.3 is 0 Å². The van der Waals surface area contributed by atoms with Gasteiger partial charge in [0.15, 0.2) is 0 Å². The van der Waals surface area contributed by atoms with Crippen molar-refractivity contribution in [3.05, 3.63) is 246 Å². The average molecular weight is 919 g/mol. The SMILES string of the molecule is Cc1ccc(C2(c3ccc(C)cc3)c3cc4c(cc3-c3ccc5sc(-c6ccc(C)s6)cc5c32)C(c2ccc(C)cc2)(c2ccc(C)cc2)c2c-4ccc3sc(-c4ccc(C)s4)cc23)cc1. The van der Waals surface area contributed by atoms with Gasteiger partial charge in [-0.15, -0.1) is 45.3 Å². The normalized spacial score (nSPS) is 14.2. The molecule has 0 N–H and O–H groups in total. The summed E-state index contributed by atoms with van der Waals surface area (Å²) in [7, 11) is 0. The van der Waals surface area contributed by atoms with E-state index in [1.165, 1.54) is 138 Å². The minimum absolute atomic E-state index is 0.583. The average Bonchev–Trinajstić information content (AvgIpc) is 4.19. The van der Waals surface area contributed by atoms with E-state index < -0.39 is 10.8 Å². The highest BCUT2D eigenvalue weighted by Gasteiger charge is 2.52. The molecular formula is C62H46S4. The Morgan fingerprint density at radius 2 is 0.621 bits per heavy atom. The summed E-state index contributed by atoms with van der Waals surface area (Å²) in [5.41, 5.74) is 19.9. The van der Waals surface area contributed by atoms with Crippen molar-refractivity contribution in [2.75, 3.05) is 0 Å². The molecule has 4 heteroatoms. The van der Waals surface area contributed by atoms with E-state index in [1.807, 2.05) is 45.3 Å². The molecule has 4 aromatic heterocycles. The molecule has 0 fully saturated rings. The zero-order valence-corrected chi connectivity index (χ0v) is 41.1. The topological polar surface area (TPSA) is 0 Å². The lowest BCUT2D eigenvalue weighted by atomic mass is 9.65. The molecule has 0 amide bonds. The van der Waals surface area contributed by atoms with Crippen LogP contribution < -0.4 is 0 Å². The van der Waals surface area contributed by atoms with Gasteiger partial charge in [0.05, 0.1) is 10.8 Å². The maximum atomic E-state index is 2.65. The summed E-state index contributed by atoms with van der Waals surface area (Å²) in [5, 5.41) is 2.69. The number of thiophene rings is 4. The molecule has 318 valence electrons. The zero-order valence-electron chi connectivity index (χ0n) is 37.8. The summed E-state index contributed by atoms with van der Waals surface area (Å²) >= 11 is 7.64. The number of rotatable bonds is 6. The van der Waals surface area contributed by atoms with Crippen LogP contribution in [0.15, 0.2) is 170 Å². The molecule has 0 saturated carbocycles. The summed E-state index contributed by atoms with van der Waals surface area (Å²) in [6, 6.07) is 67.0. The molecule has 0 spiro atoms. The Morgan fingerprint density at radius 1 is 0.288 bits per heavy atom. The van der Waals surface area contributed by atoms with Gasteiger partial charge in [0.1, 0.15) is 0 Å². The number of hydrogen-bond donors (Lipinski definition) is 0. The van der Waals surface area contributed by atoms with Crippen molar-refractivity contribution < 1.29 is 0 Å². The van der Waals surface area contributed by atoms with Crippen molar-refractivity contribution >= 4 is 65.5 Å². The standard InChI is InChI=1S/C62H46S4/c1-35-7-17-41(18-8-35)61(42-19-9-36(2)10-20-42)51-31-48-46-26-30-54-50(34-58(66-54)56-28-16-40(6)64-56)60(46)62(43-21-11-37(3)12-22-43,44-23-13-38(4)14-24-44)52(48)32-47(51)45-25-29-53-49(59(45)61)33-57(65-53)55-27-15-39(5)63-55/h7-34H,1-6H3. The summed E-state index contributed by atoms with van der Waals surface area (Å²) in [5.74, 6) is 0. The predicted molar refractivity (Wildman–Crippen MR) is 287 cm³/mol. The van der Waals surface area contributed by atoms with E-state index in [0.29, 0.717) is 0 Å². The van der Waals surface area contributed by atoms with Crippen LogP contribution >= 0.6 is 45.3 Å². The molecule has 7 aromatic carbocycles. The first-order chi connectivity index (χ1) is 32.1. The van der Waals surface area contributed by atoms with Crippen LogP contribution in [0.1, 0.15) is 76.5 Å². The Labute approximate surface area is 403 Å². The predicted octanol–water partition coefficient (Wildman–Crippen LogP) is 18.1. The minimum Gasteiger partial charge on any atom is -0.140 e. The Kier molecular flexibility index (Phi) is 8.93. The van der Waals surface area contributed by atoms with Gasteiger partial charge in [-0.05, 0) is 180 Å². The van der Waals surface area contributed by atoms with Gasteiger partial charge in [0, 0.05) is 38.7 Å². The zero-order chi connectivity index (χ0) is 44.6. The van der Waals surface area contributed by atoms with Crippen molar-refractivity contribution in [2.24, 2.45) is 0 Å². The van der Waals surface area contributed by atoms with Crippen molar-refractivity contribution in [3.8, 4) is 41.8 Å². The molecule has 2 aliphatic rings. The van der Waals surface area contributed by atoms with Crippen LogP contribution in [-0.4, -0.2) is 0 Å². The van der Waals surface area contributed by atoms with Crippen molar-refractivity contribution in [2.45, 2.75) is 52.4 Å². The van der Waals surface area contributed by atoms with E-state index in [9.17, 15) is 0 Å². The first-order valence-corrected chi connectivity index (χ1v) is 26.1. The van der Waals surface area contributed by atoms with Gasteiger partial charge in [0.2, 0.25) is 0 Å². The van der Waals surface area contributed by atoms with Crippen LogP contribution in [0.3, 0.4) is 0 Å². The summed E-state index contributed by atoms with van der Waals surface area (Å²) in [6.45, 7) is 13.3. The highest BCUT2D eigenvalue weighted by Crippen LogP contribution is 2.65. The maximum Gasteiger partial charge on any atom is 0.0720 e. The van der Waals surface area contributed by atoms with Crippen molar-refractivity contribution in [3.63, 3.8) is 0 Å². The highest BCUT2D eigenvalue weighted by atomic mass is 32.1. The third-order valence-electron chi connectivity index (χ3n) is 14.6. The van der Waals surface area contributed by atoms with Gasteiger partial charge in [-0.3, -0.25) is 0 Å². The monoisotopic (exact) mass is 918 g/mol. The fraction of sp³-hybridized carbons (Fsp3) is 0.129. The Hall–Kier alpha value is -6.14. The molecule has 66 heavy (non-hydrogen) atoms. The van der Waals surface area contributed by atoms with Gasteiger partial charge < -0.3 is 0 Å². The first kappa shape index (κ1) is 40.2. The van der Waals surface area contributed by atoms with Gasteiger partial charge in [-0.1, -0.05) is 131 Å². The lowest BCUT2D eigenvalue weighted by molar-refractivity contribution is 0.764. The van der Waals surface area contributed by atoms with E-state index >= 15 is 0 Å². The number of fused-ring (bicyclic) bond motifs is 10. The molecule has 0 aliphatic heterocycles. The molecule has 2 aliphatic carbocycles. The Balaban J connectivity index is 1.20. The quantitative estimate of drug-likeness (QED) is 0.156. The molecule has 0 unspecified atom stereocenters. The minimum atomic E-state index is -0.583.